The molecule has 1 aromatic rings. The SMILES string of the molecule is O=C(Cc1ccc(Cl)cc1Br)NC1CC1. The molecule has 1 aliphatic carbocycles. The van der Waals surface area contributed by atoms with Crippen molar-refractivity contribution in [2.24, 2.45) is 0 Å². The van der Waals surface area contributed by atoms with Gasteiger partial charge in [0.1, 0.15) is 0 Å². The first-order valence-electron chi connectivity index (χ1n) is 4.88. The normalized spacial score (nSPS) is 15.1. The zero-order chi connectivity index (χ0) is 10.8. The number of carbonyl (C=O) groups excluding carboxylic acids is 1. The predicted octanol–water partition coefficient (Wildman–Crippen LogP) is 2.92. The van der Waals surface area contributed by atoms with E-state index in [-0.39, 0.29) is 5.91 Å². The summed E-state index contributed by atoms with van der Waals surface area (Å²) in [5.74, 6) is 0.0838. The van der Waals surface area contributed by atoms with Crippen LogP contribution in [0.25, 0.3) is 0 Å². The summed E-state index contributed by atoms with van der Waals surface area (Å²) in [7, 11) is 0. The average molecular weight is 289 g/mol. The highest BCUT2D eigenvalue weighted by Crippen LogP contribution is 2.23. The highest BCUT2D eigenvalue weighted by atomic mass is 79.9. The molecule has 1 N–H and O–H groups in total. The first kappa shape index (κ1) is 11.0. The van der Waals surface area contributed by atoms with Gasteiger partial charge in [-0.25, -0.2) is 0 Å². The molecule has 1 fully saturated rings. The van der Waals surface area contributed by atoms with Gasteiger partial charge in [0, 0.05) is 15.5 Å². The smallest absolute Gasteiger partial charge is 0.224 e. The second kappa shape index (κ2) is 4.54. The van der Waals surface area contributed by atoms with Gasteiger partial charge in [-0.05, 0) is 30.5 Å². The molecule has 0 heterocycles. The molecule has 1 amide bonds. The fourth-order valence-electron chi connectivity index (χ4n) is 1.34. The minimum Gasteiger partial charge on any atom is -0.353 e. The van der Waals surface area contributed by atoms with Crippen LogP contribution in [0.3, 0.4) is 0 Å². The Morgan fingerprint density at radius 2 is 2.27 bits per heavy atom. The Morgan fingerprint density at radius 3 is 2.87 bits per heavy atom. The van der Waals surface area contributed by atoms with Gasteiger partial charge in [0.2, 0.25) is 5.91 Å². The number of hydrogen-bond acceptors (Lipinski definition) is 1. The largest absolute Gasteiger partial charge is 0.353 e. The van der Waals surface area contributed by atoms with Crippen LogP contribution in [0, 0.1) is 0 Å². The van der Waals surface area contributed by atoms with Gasteiger partial charge in [0.15, 0.2) is 0 Å². The molecule has 0 aliphatic heterocycles. The van der Waals surface area contributed by atoms with E-state index in [0.29, 0.717) is 17.5 Å². The first-order chi connectivity index (χ1) is 7.15. The molecule has 2 nitrogen and oxygen atoms in total. The summed E-state index contributed by atoms with van der Waals surface area (Å²) >= 11 is 9.21. The van der Waals surface area contributed by atoms with Crippen molar-refractivity contribution in [3.8, 4) is 0 Å². The molecular weight excluding hydrogens is 277 g/mol. The van der Waals surface area contributed by atoms with E-state index in [4.69, 9.17) is 11.6 Å². The summed E-state index contributed by atoms with van der Waals surface area (Å²) in [6.45, 7) is 0. The van der Waals surface area contributed by atoms with Gasteiger partial charge >= 0.3 is 0 Å². The maximum Gasteiger partial charge on any atom is 0.224 e. The highest BCUT2D eigenvalue weighted by molar-refractivity contribution is 9.10. The zero-order valence-corrected chi connectivity index (χ0v) is 10.4. The van der Waals surface area contributed by atoms with Crippen LogP contribution in [-0.2, 0) is 11.2 Å². The Bertz CT molecular complexity index is 390. The molecule has 0 saturated heterocycles. The quantitative estimate of drug-likeness (QED) is 0.910. The van der Waals surface area contributed by atoms with E-state index in [1.54, 1.807) is 12.1 Å². The van der Waals surface area contributed by atoms with Gasteiger partial charge in [-0.2, -0.15) is 0 Å². The van der Waals surface area contributed by atoms with Crippen molar-refractivity contribution in [1.29, 1.82) is 0 Å². The van der Waals surface area contributed by atoms with Crippen LogP contribution < -0.4 is 5.32 Å². The summed E-state index contributed by atoms with van der Waals surface area (Å²) in [4.78, 5) is 11.5. The lowest BCUT2D eigenvalue weighted by atomic mass is 10.1. The van der Waals surface area contributed by atoms with Crippen molar-refractivity contribution < 1.29 is 4.79 Å². The third-order valence-corrected chi connectivity index (χ3v) is 3.28. The second-order valence-electron chi connectivity index (χ2n) is 3.75. The molecule has 2 rings (SSSR count). The van der Waals surface area contributed by atoms with E-state index < -0.39 is 0 Å². The molecule has 0 atom stereocenters. The number of amides is 1. The molecule has 0 spiro atoms. The van der Waals surface area contributed by atoms with Crippen molar-refractivity contribution in [2.45, 2.75) is 25.3 Å². The molecule has 0 bridgehead atoms. The van der Waals surface area contributed by atoms with Crippen LogP contribution in [0.15, 0.2) is 22.7 Å². The summed E-state index contributed by atoms with van der Waals surface area (Å²) in [5, 5.41) is 3.63. The summed E-state index contributed by atoms with van der Waals surface area (Å²) < 4.78 is 0.890. The van der Waals surface area contributed by atoms with Crippen molar-refractivity contribution in [2.75, 3.05) is 0 Å². The topological polar surface area (TPSA) is 29.1 Å². The van der Waals surface area contributed by atoms with Crippen LogP contribution in [-0.4, -0.2) is 11.9 Å². The Kier molecular flexibility index (Phi) is 3.32. The van der Waals surface area contributed by atoms with Gasteiger partial charge in [0.05, 0.1) is 6.42 Å². The third kappa shape index (κ3) is 3.21. The lowest BCUT2D eigenvalue weighted by Gasteiger charge is -2.05. The van der Waals surface area contributed by atoms with E-state index in [0.717, 1.165) is 22.9 Å². The Morgan fingerprint density at radius 1 is 1.53 bits per heavy atom. The molecule has 1 aliphatic rings. The number of nitrogens with one attached hydrogen (secondary N) is 1. The first-order valence-corrected chi connectivity index (χ1v) is 6.05. The maximum atomic E-state index is 11.5. The maximum absolute atomic E-state index is 11.5. The summed E-state index contributed by atoms with van der Waals surface area (Å²) in [5.41, 5.74) is 0.970. The average Bonchev–Trinajstić information content (AvgIpc) is 2.94. The monoisotopic (exact) mass is 287 g/mol. The molecule has 0 aromatic heterocycles. The van der Waals surface area contributed by atoms with E-state index in [2.05, 4.69) is 21.2 Å². The molecule has 1 saturated carbocycles. The van der Waals surface area contributed by atoms with Crippen LogP contribution in [0.5, 0.6) is 0 Å². The van der Waals surface area contributed by atoms with Gasteiger partial charge in [-0.1, -0.05) is 33.6 Å². The number of carbonyl (C=O) groups is 1. The number of benzene rings is 1. The fourth-order valence-corrected chi connectivity index (χ4v) is 2.17. The molecule has 0 radical (unpaired) electrons. The molecular formula is C11H11BrClNO. The standard InChI is InChI=1S/C11H11BrClNO/c12-10-6-8(13)2-1-7(10)5-11(15)14-9-3-4-9/h1-2,6,9H,3-5H2,(H,14,15). The lowest BCUT2D eigenvalue weighted by Crippen LogP contribution is -2.27. The molecule has 0 unspecified atom stereocenters. The van der Waals surface area contributed by atoms with Gasteiger partial charge in [0.25, 0.3) is 0 Å². The van der Waals surface area contributed by atoms with Crippen molar-refractivity contribution in [3.05, 3.63) is 33.3 Å². The summed E-state index contributed by atoms with van der Waals surface area (Å²) in [6, 6.07) is 5.90. The minimum absolute atomic E-state index is 0.0838. The van der Waals surface area contributed by atoms with E-state index in [9.17, 15) is 4.79 Å². The predicted molar refractivity (Wildman–Crippen MR) is 64.0 cm³/mol. The van der Waals surface area contributed by atoms with Gasteiger partial charge in [-0.3, -0.25) is 4.79 Å². The number of halogens is 2. The van der Waals surface area contributed by atoms with Crippen LogP contribution in [0.4, 0.5) is 0 Å². The van der Waals surface area contributed by atoms with E-state index in [1.165, 1.54) is 0 Å². The lowest BCUT2D eigenvalue weighted by molar-refractivity contribution is -0.120. The molecule has 1 aromatic carbocycles. The van der Waals surface area contributed by atoms with Gasteiger partial charge in [-0.15, -0.1) is 0 Å². The third-order valence-electron chi connectivity index (χ3n) is 2.31. The highest BCUT2D eigenvalue weighted by Gasteiger charge is 2.23. The molecule has 4 heteroatoms. The Labute approximate surface area is 102 Å². The van der Waals surface area contributed by atoms with Crippen molar-refractivity contribution in [3.63, 3.8) is 0 Å². The van der Waals surface area contributed by atoms with Crippen LogP contribution in [0.1, 0.15) is 18.4 Å². The Hall–Kier alpha value is -0.540. The Balaban J connectivity index is 1.99. The van der Waals surface area contributed by atoms with E-state index >= 15 is 0 Å². The summed E-state index contributed by atoms with van der Waals surface area (Å²) in [6.07, 6.45) is 2.65. The minimum atomic E-state index is 0.0838. The van der Waals surface area contributed by atoms with Crippen molar-refractivity contribution >= 4 is 33.4 Å². The molecule has 80 valence electrons. The zero-order valence-electron chi connectivity index (χ0n) is 8.09. The van der Waals surface area contributed by atoms with Crippen LogP contribution >= 0.6 is 27.5 Å². The van der Waals surface area contributed by atoms with E-state index in [1.807, 2.05) is 6.07 Å². The molecule has 15 heavy (non-hydrogen) atoms. The number of rotatable bonds is 3. The van der Waals surface area contributed by atoms with Gasteiger partial charge < -0.3 is 5.32 Å². The number of hydrogen-bond donors (Lipinski definition) is 1. The fraction of sp³-hybridized carbons (Fsp3) is 0.364. The van der Waals surface area contributed by atoms with Crippen LogP contribution in [0.2, 0.25) is 5.02 Å². The second-order valence-corrected chi connectivity index (χ2v) is 5.05. The van der Waals surface area contributed by atoms with Crippen molar-refractivity contribution in [1.82, 2.24) is 5.32 Å².